The lowest BCUT2D eigenvalue weighted by Gasteiger charge is -2.38. The molecule has 28 heavy (non-hydrogen) atoms. The molecule has 1 aromatic rings. The fourth-order valence-electron chi connectivity index (χ4n) is 3.69. The molecular formula is C19H27F3N4O2. The first-order valence-corrected chi connectivity index (χ1v) is 9.72. The predicted molar refractivity (Wildman–Crippen MR) is 99.2 cm³/mol. The molecule has 3 heterocycles. The molecule has 0 radical (unpaired) electrons. The van der Waals surface area contributed by atoms with Gasteiger partial charge >= 0.3 is 12.3 Å². The lowest BCUT2D eigenvalue weighted by Crippen LogP contribution is -2.51. The number of nitrogens with zero attached hydrogens (tertiary/aromatic N) is 4. The van der Waals surface area contributed by atoms with Gasteiger partial charge in [-0.05, 0) is 26.0 Å². The molecule has 2 saturated heterocycles. The standard InChI is InChI=1S/C19H27F3N4O2/c1-14(2)24-10-12-26(13-11-24)18(27)28-15-5-8-25(9-6-15)17-16(19(20,21)22)4-3-7-23-17/h3-4,7,14-15H,5-6,8-13H2,1-2H3. The van der Waals surface area contributed by atoms with E-state index in [2.05, 4.69) is 23.7 Å². The maximum atomic E-state index is 13.2. The van der Waals surface area contributed by atoms with Crippen molar-refractivity contribution >= 4 is 11.9 Å². The molecule has 1 amide bonds. The minimum Gasteiger partial charge on any atom is -0.446 e. The molecule has 2 aliphatic rings. The van der Waals surface area contributed by atoms with Crippen molar-refractivity contribution in [1.29, 1.82) is 0 Å². The van der Waals surface area contributed by atoms with Crippen LogP contribution in [0.4, 0.5) is 23.8 Å². The van der Waals surface area contributed by atoms with E-state index in [1.54, 1.807) is 9.80 Å². The number of piperidine rings is 1. The molecule has 0 bridgehead atoms. The van der Waals surface area contributed by atoms with Gasteiger partial charge in [0.1, 0.15) is 11.9 Å². The normalized spacial score (nSPS) is 19.9. The number of hydrogen-bond acceptors (Lipinski definition) is 5. The average Bonchev–Trinajstić information content (AvgIpc) is 2.68. The van der Waals surface area contributed by atoms with Gasteiger partial charge in [0.25, 0.3) is 0 Å². The molecule has 0 N–H and O–H groups in total. The Kier molecular flexibility index (Phi) is 6.32. The van der Waals surface area contributed by atoms with Crippen molar-refractivity contribution in [3.8, 4) is 0 Å². The third kappa shape index (κ3) is 4.87. The highest BCUT2D eigenvalue weighted by Gasteiger charge is 2.37. The third-order valence-corrected chi connectivity index (χ3v) is 5.40. The van der Waals surface area contributed by atoms with Crippen LogP contribution in [0.2, 0.25) is 0 Å². The lowest BCUT2D eigenvalue weighted by atomic mass is 10.1. The van der Waals surface area contributed by atoms with E-state index in [4.69, 9.17) is 4.74 Å². The van der Waals surface area contributed by atoms with Gasteiger partial charge in [0.15, 0.2) is 0 Å². The summed E-state index contributed by atoms with van der Waals surface area (Å²) >= 11 is 0. The van der Waals surface area contributed by atoms with Crippen LogP contribution >= 0.6 is 0 Å². The van der Waals surface area contributed by atoms with E-state index in [1.807, 2.05) is 0 Å². The summed E-state index contributed by atoms with van der Waals surface area (Å²) in [5, 5.41) is 0. The first-order chi connectivity index (χ1) is 13.3. The van der Waals surface area contributed by atoms with E-state index in [9.17, 15) is 18.0 Å². The number of amides is 1. The highest BCUT2D eigenvalue weighted by Crippen LogP contribution is 2.36. The molecule has 0 saturated carbocycles. The quantitative estimate of drug-likeness (QED) is 0.780. The lowest BCUT2D eigenvalue weighted by molar-refractivity contribution is -0.137. The molecule has 6 nitrogen and oxygen atoms in total. The van der Waals surface area contributed by atoms with Crippen LogP contribution in [-0.4, -0.2) is 72.3 Å². The van der Waals surface area contributed by atoms with Crippen molar-refractivity contribution in [3.05, 3.63) is 23.9 Å². The van der Waals surface area contributed by atoms with Crippen LogP contribution in [0.15, 0.2) is 18.3 Å². The van der Waals surface area contributed by atoms with E-state index in [0.29, 0.717) is 45.1 Å². The van der Waals surface area contributed by atoms with Gasteiger partial charge in [-0.1, -0.05) is 0 Å². The van der Waals surface area contributed by atoms with Gasteiger partial charge in [-0.25, -0.2) is 9.78 Å². The largest absolute Gasteiger partial charge is 0.446 e. The average molecular weight is 400 g/mol. The monoisotopic (exact) mass is 400 g/mol. The second-order valence-electron chi connectivity index (χ2n) is 7.56. The van der Waals surface area contributed by atoms with Crippen molar-refractivity contribution < 1.29 is 22.7 Å². The minimum atomic E-state index is -4.44. The topological polar surface area (TPSA) is 48.9 Å². The van der Waals surface area contributed by atoms with Crippen LogP contribution in [0.5, 0.6) is 0 Å². The summed E-state index contributed by atoms with van der Waals surface area (Å²) in [7, 11) is 0. The van der Waals surface area contributed by atoms with Gasteiger partial charge in [-0.2, -0.15) is 13.2 Å². The van der Waals surface area contributed by atoms with Crippen molar-refractivity contribution in [3.63, 3.8) is 0 Å². The van der Waals surface area contributed by atoms with Crippen LogP contribution < -0.4 is 4.90 Å². The van der Waals surface area contributed by atoms with Gasteiger partial charge in [-0.15, -0.1) is 0 Å². The van der Waals surface area contributed by atoms with Gasteiger partial charge < -0.3 is 14.5 Å². The second-order valence-corrected chi connectivity index (χ2v) is 7.56. The summed E-state index contributed by atoms with van der Waals surface area (Å²) < 4.78 is 45.2. The molecule has 2 aliphatic heterocycles. The van der Waals surface area contributed by atoms with Crippen LogP contribution in [0.3, 0.4) is 0 Å². The summed E-state index contributed by atoms with van der Waals surface area (Å²) in [5.74, 6) is -0.0513. The molecule has 0 aromatic carbocycles. The number of halogens is 3. The van der Waals surface area contributed by atoms with E-state index in [0.717, 1.165) is 19.2 Å². The summed E-state index contributed by atoms with van der Waals surface area (Å²) in [5.41, 5.74) is -0.728. The Morgan fingerprint density at radius 1 is 1.14 bits per heavy atom. The van der Waals surface area contributed by atoms with Crippen LogP contribution in [0.25, 0.3) is 0 Å². The number of carbonyl (C=O) groups is 1. The number of anilines is 1. The second kappa shape index (κ2) is 8.55. The number of ether oxygens (including phenoxy) is 1. The van der Waals surface area contributed by atoms with Crippen molar-refractivity contribution in [2.45, 2.75) is 45.0 Å². The summed E-state index contributed by atoms with van der Waals surface area (Å²) in [6, 6.07) is 2.79. The number of carbonyl (C=O) groups excluding carboxylic acids is 1. The van der Waals surface area contributed by atoms with Crippen LogP contribution in [0.1, 0.15) is 32.3 Å². The molecule has 1 aromatic heterocycles. The Balaban J connectivity index is 1.51. The summed E-state index contributed by atoms with van der Waals surface area (Å²) in [4.78, 5) is 22.0. The smallest absolute Gasteiger partial charge is 0.419 e. The van der Waals surface area contributed by atoms with Gasteiger partial charge in [0.05, 0.1) is 5.56 Å². The van der Waals surface area contributed by atoms with E-state index in [1.165, 1.54) is 12.3 Å². The maximum absolute atomic E-state index is 13.2. The molecule has 0 spiro atoms. The van der Waals surface area contributed by atoms with Crippen LogP contribution in [0, 0.1) is 0 Å². The Morgan fingerprint density at radius 3 is 2.36 bits per heavy atom. The van der Waals surface area contributed by atoms with E-state index < -0.39 is 11.7 Å². The number of piperazine rings is 1. The molecule has 0 atom stereocenters. The Bertz CT molecular complexity index is 667. The minimum absolute atomic E-state index is 0.0513. The van der Waals surface area contributed by atoms with Crippen molar-refractivity contribution in [2.75, 3.05) is 44.2 Å². The summed E-state index contributed by atoms with van der Waals surface area (Å²) in [6.07, 6.45) is -2.68. The van der Waals surface area contributed by atoms with Gasteiger partial charge in [0, 0.05) is 64.3 Å². The highest BCUT2D eigenvalue weighted by atomic mass is 19.4. The number of pyridine rings is 1. The van der Waals surface area contributed by atoms with E-state index in [-0.39, 0.29) is 18.0 Å². The Hall–Kier alpha value is -2.03. The zero-order valence-electron chi connectivity index (χ0n) is 16.3. The maximum Gasteiger partial charge on any atom is 0.419 e. The molecule has 156 valence electrons. The summed E-state index contributed by atoms with van der Waals surface area (Å²) in [6.45, 7) is 7.94. The third-order valence-electron chi connectivity index (χ3n) is 5.40. The molecule has 0 aliphatic carbocycles. The first kappa shape index (κ1) is 20.7. The fourth-order valence-corrected chi connectivity index (χ4v) is 3.69. The first-order valence-electron chi connectivity index (χ1n) is 9.72. The van der Waals surface area contributed by atoms with E-state index >= 15 is 0 Å². The number of aromatic nitrogens is 1. The fraction of sp³-hybridized carbons (Fsp3) is 0.684. The number of alkyl halides is 3. The van der Waals surface area contributed by atoms with Gasteiger partial charge in [-0.3, -0.25) is 4.90 Å². The SMILES string of the molecule is CC(C)N1CCN(C(=O)OC2CCN(c3ncccc3C(F)(F)F)CC2)CC1. The predicted octanol–water partition coefficient (Wildman–Crippen LogP) is 3.23. The molecule has 9 heteroatoms. The molecule has 3 rings (SSSR count). The Morgan fingerprint density at radius 2 is 1.79 bits per heavy atom. The Labute approximate surface area is 163 Å². The zero-order valence-corrected chi connectivity index (χ0v) is 16.3. The zero-order chi connectivity index (χ0) is 20.3. The molecular weight excluding hydrogens is 373 g/mol. The van der Waals surface area contributed by atoms with Gasteiger partial charge in [0.2, 0.25) is 0 Å². The van der Waals surface area contributed by atoms with Crippen molar-refractivity contribution in [2.24, 2.45) is 0 Å². The number of hydrogen-bond donors (Lipinski definition) is 0. The highest BCUT2D eigenvalue weighted by molar-refractivity contribution is 5.68. The molecule has 0 unspecified atom stereocenters. The van der Waals surface area contributed by atoms with Crippen molar-refractivity contribution in [1.82, 2.24) is 14.8 Å². The van der Waals surface area contributed by atoms with Crippen LogP contribution in [-0.2, 0) is 10.9 Å². The molecule has 2 fully saturated rings. The number of rotatable bonds is 3.